The van der Waals surface area contributed by atoms with Crippen molar-refractivity contribution in [3.63, 3.8) is 0 Å². The molecule has 8 heteroatoms. The van der Waals surface area contributed by atoms with Crippen LogP contribution in [0.4, 0.5) is 5.69 Å². The molecule has 0 aliphatic heterocycles. The second-order valence-corrected chi connectivity index (χ2v) is 6.48. The average Bonchev–Trinajstić information content (AvgIpc) is 2.70. The molecule has 0 aliphatic carbocycles. The highest BCUT2D eigenvalue weighted by atomic mass is 16.2. The molecule has 0 amide bonds. The number of nitrogens with zero attached hydrogens (tertiary/aromatic N) is 5. The number of benzene rings is 1. The summed E-state index contributed by atoms with van der Waals surface area (Å²) in [4.78, 5) is 45.9. The number of rotatable bonds is 2. The molecule has 3 aromatic heterocycles. The fraction of sp³-hybridized carbons (Fsp3) is 0.150. The molecule has 0 atom stereocenters. The van der Waals surface area contributed by atoms with E-state index in [9.17, 15) is 14.4 Å². The van der Waals surface area contributed by atoms with E-state index in [-0.39, 0.29) is 16.8 Å². The highest BCUT2D eigenvalue weighted by Gasteiger charge is 2.14. The zero-order valence-electron chi connectivity index (χ0n) is 15.6. The fourth-order valence-electron chi connectivity index (χ4n) is 3.10. The number of fused-ring (bicyclic) bond motifs is 2. The summed E-state index contributed by atoms with van der Waals surface area (Å²) < 4.78 is 4.08. The molecule has 28 heavy (non-hydrogen) atoms. The van der Waals surface area contributed by atoms with Crippen molar-refractivity contribution in [2.75, 3.05) is 0 Å². The summed E-state index contributed by atoms with van der Waals surface area (Å²) in [5.41, 5.74) is 1.41. The van der Waals surface area contributed by atoms with E-state index in [1.165, 1.54) is 18.5 Å². The normalized spacial score (nSPS) is 12.0. The molecule has 140 valence electrons. The molecule has 4 aromatic rings. The maximum Gasteiger partial charge on any atom is 0.332 e. The van der Waals surface area contributed by atoms with Crippen LogP contribution in [0.3, 0.4) is 0 Å². The summed E-state index contributed by atoms with van der Waals surface area (Å²) in [6.07, 6.45) is 1.76. The van der Waals surface area contributed by atoms with Crippen molar-refractivity contribution < 1.29 is 4.79 Å². The van der Waals surface area contributed by atoms with Gasteiger partial charge < -0.3 is 0 Å². The zero-order chi connectivity index (χ0) is 20.0. The lowest BCUT2D eigenvalue weighted by molar-refractivity contribution is 0.101. The van der Waals surface area contributed by atoms with E-state index in [0.29, 0.717) is 22.4 Å². The molecule has 0 saturated heterocycles. The second-order valence-electron chi connectivity index (χ2n) is 6.48. The second kappa shape index (κ2) is 6.41. The number of hydrogen-bond donors (Lipinski definition) is 0. The number of aryl methyl sites for hydroxylation is 1. The predicted molar refractivity (Wildman–Crippen MR) is 105 cm³/mol. The highest BCUT2D eigenvalue weighted by Crippen LogP contribution is 2.13. The third-order valence-electron chi connectivity index (χ3n) is 4.65. The Labute approximate surface area is 158 Å². The van der Waals surface area contributed by atoms with Crippen LogP contribution in [0.2, 0.25) is 0 Å². The summed E-state index contributed by atoms with van der Waals surface area (Å²) in [6, 6.07) is 12.2. The Morgan fingerprint density at radius 3 is 2.39 bits per heavy atom. The third-order valence-corrected chi connectivity index (χ3v) is 4.65. The van der Waals surface area contributed by atoms with Crippen LogP contribution in [0.1, 0.15) is 17.3 Å². The van der Waals surface area contributed by atoms with Crippen LogP contribution in [0.5, 0.6) is 0 Å². The van der Waals surface area contributed by atoms with Crippen LogP contribution in [-0.4, -0.2) is 24.3 Å². The Bertz CT molecular complexity index is 1440. The first-order valence-electron chi connectivity index (χ1n) is 8.61. The zero-order valence-corrected chi connectivity index (χ0v) is 15.6. The molecular weight excluding hydrogens is 358 g/mol. The minimum absolute atomic E-state index is 0.0374. The third kappa shape index (κ3) is 2.66. The van der Waals surface area contributed by atoms with Crippen molar-refractivity contribution >= 4 is 28.2 Å². The van der Waals surface area contributed by atoms with Crippen LogP contribution in [0, 0.1) is 0 Å². The molecule has 0 radical (unpaired) electrons. The first kappa shape index (κ1) is 17.6. The summed E-state index contributed by atoms with van der Waals surface area (Å²) >= 11 is 0. The maximum absolute atomic E-state index is 12.9. The van der Waals surface area contributed by atoms with Crippen molar-refractivity contribution in [1.82, 2.24) is 18.5 Å². The SMILES string of the molecule is CC(=O)c1ccc(N=c2c3c(=O)n(C)c(=O)n(C)c3nc3ccccn23)cc1. The summed E-state index contributed by atoms with van der Waals surface area (Å²) in [5, 5.41) is 0.240. The number of aromatic nitrogens is 4. The van der Waals surface area contributed by atoms with Gasteiger partial charge in [-0.3, -0.25) is 23.1 Å². The number of carbonyl (C=O) groups is 1. The highest BCUT2D eigenvalue weighted by molar-refractivity contribution is 5.94. The summed E-state index contributed by atoms with van der Waals surface area (Å²) in [6.45, 7) is 1.50. The smallest absolute Gasteiger partial charge is 0.295 e. The molecule has 0 bridgehead atoms. The van der Waals surface area contributed by atoms with Gasteiger partial charge >= 0.3 is 5.69 Å². The van der Waals surface area contributed by atoms with Crippen molar-refractivity contribution in [3.05, 3.63) is 80.6 Å². The molecule has 3 heterocycles. The van der Waals surface area contributed by atoms with Gasteiger partial charge in [0.15, 0.2) is 16.9 Å². The molecule has 0 spiro atoms. The van der Waals surface area contributed by atoms with Gasteiger partial charge in [0.2, 0.25) is 0 Å². The summed E-state index contributed by atoms with van der Waals surface area (Å²) in [5.74, 6) is -0.0374. The minimum Gasteiger partial charge on any atom is -0.295 e. The van der Waals surface area contributed by atoms with E-state index in [0.717, 1.165) is 4.57 Å². The number of hydrogen-bond acceptors (Lipinski definition) is 5. The largest absolute Gasteiger partial charge is 0.332 e. The summed E-state index contributed by atoms with van der Waals surface area (Å²) in [7, 11) is 3.00. The maximum atomic E-state index is 12.9. The van der Waals surface area contributed by atoms with Crippen molar-refractivity contribution in [2.24, 2.45) is 19.1 Å². The van der Waals surface area contributed by atoms with Gasteiger partial charge in [-0.05, 0) is 43.3 Å². The van der Waals surface area contributed by atoms with Crippen LogP contribution in [0.15, 0.2) is 63.2 Å². The lowest BCUT2D eigenvalue weighted by atomic mass is 10.1. The van der Waals surface area contributed by atoms with Gasteiger partial charge in [0.1, 0.15) is 11.0 Å². The van der Waals surface area contributed by atoms with E-state index in [1.807, 2.05) is 12.1 Å². The molecule has 0 unspecified atom stereocenters. The van der Waals surface area contributed by atoms with Crippen molar-refractivity contribution in [2.45, 2.75) is 6.92 Å². The fourth-order valence-corrected chi connectivity index (χ4v) is 3.10. The number of carbonyl (C=O) groups excluding carboxylic acids is 1. The van der Waals surface area contributed by atoms with Crippen LogP contribution >= 0.6 is 0 Å². The Kier molecular flexibility index (Phi) is 4.03. The first-order chi connectivity index (χ1) is 13.4. The van der Waals surface area contributed by atoms with E-state index in [2.05, 4.69) is 9.98 Å². The first-order valence-corrected chi connectivity index (χ1v) is 8.61. The lowest BCUT2D eigenvalue weighted by Gasteiger charge is -2.10. The van der Waals surface area contributed by atoms with Gasteiger partial charge in [-0.1, -0.05) is 6.07 Å². The van der Waals surface area contributed by atoms with E-state index < -0.39 is 11.2 Å². The molecular formula is C20H17N5O3. The Morgan fingerprint density at radius 2 is 1.71 bits per heavy atom. The van der Waals surface area contributed by atoms with Crippen LogP contribution < -0.4 is 16.7 Å². The Hall–Kier alpha value is -3.81. The van der Waals surface area contributed by atoms with E-state index in [1.54, 1.807) is 48.0 Å². The van der Waals surface area contributed by atoms with Gasteiger partial charge in [-0.25, -0.2) is 14.8 Å². The average molecular weight is 375 g/mol. The van der Waals surface area contributed by atoms with Gasteiger partial charge in [-0.2, -0.15) is 0 Å². The molecule has 0 fully saturated rings. The minimum atomic E-state index is -0.469. The monoisotopic (exact) mass is 375 g/mol. The quantitative estimate of drug-likeness (QED) is 0.390. The number of pyridine rings is 1. The van der Waals surface area contributed by atoms with Crippen molar-refractivity contribution in [3.8, 4) is 0 Å². The molecule has 0 N–H and O–H groups in total. The Morgan fingerprint density at radius 1 is 1.00 bits per heavy atom. The van der Waals surface area contributed by atoms with Crippen LogP contribution in [-0.2, 0) is 14.1 Å². The standard InChI is InChI=1S/C20H17N5O3/c1-12(26)13-7-9-14(10-8-13)21-18-16-17(22-15-6-4-5-11-25(15)18)23(2)20(28)24(3)19(16)27/h4-11H,1-3H3. The number of ketones is 1. The predicted octanol–water partition coefficient (Wildman–Crippen LogP) is 1.32. The van der Waals surface area contributed by atoms with Crippen molar-refractivity contribution in [1.29, 1.82) is 0 Å². The molecule has 0 aliphatic rings. The number of Topliss-reactive ketones (excluding diaryl/α,β-unsaturated/α-hetero) is 1. The van der Waals surface area contributed by atoms with Gasteiger partial charge in [-0.15, -0.1) is 0 Å². The topological polar surface area (TPSA) is 90.7 Å². The molecule has 8 nitrogen and oxygen atoms in total. The van der Waals surface area contributed by atoms with Crippen LogP contribution in [0.25, 0.3) is 16.7 Å². The molecule has 0 saturated carbocycles. The lowest BCUT2D eigenvalue weighted by Crippen LogP contribution is -2.40. The van der Waals surface area contributed by atoms with E-state index in [4.69, 9.17) is 0 Å². The van der Waals surface area contributed by atoms with E-state index >= 15 is 0 Å². The van der Waals surface area contributed by atoms with Gasteiger partial charge in [0, 0.05) is 25.9 Å². The molecule has 4 rings (SSSR count). The Balaban J connectivity index is 2.20. The van der Waals surface area contributed by atoms with Gasteiger partial charge in [0.05, 0.1) is 5.69 Å². The van der Waals surface area contributed by atoms with Gasteiger partial charge in [0.25, 0.3) is 5.56 Å². The molecule has 1 aromatic carbocycles.